The Hall–Kier alpha value is -3.52. The molecule has 164 valence electrons. The number of amides is 1. The third kappa shape index (κ3) is 3.78. The van der Waals surface area contributed by atoms with E-state index in [0.29, 0.717) is 24.5 Å². The van der Waals surface area contributed by atoms with Gasteiger partial charge in [0.1, 0.15) is 31.1 Å². The minimum absolute atomic E-state index is 0.212. The number of hydrogen-bond acceptors (Lipinski definition) is 5. The fourth-order valence-electron chi connectivity index (χ4n) is 4.25. The van der Waals surface area contributed by atoms with Crippen LogP contribution in [0.3, 0.4) is 0 Å². The van der Waals surface area contributed by atoms with Crippen molar-refractivity contribution in [3.8, 4) is 5.75 Å². The van der Waals surface area contributed by atoms with Crippen molar-refractivity contribution in [2.24, 2.45) is 0 Å². The first-order chi connectivity index (χ1) is 15.6. The molecule has 5 rings (SSSR count). The van der Waals surface area contributed by atoms with E-state index < -0.39 is 0 Å². The van der Waals surface area contributed by atoms with Crippen LogP contribution in [-0.2, 0) is 17.7 Å². The first kappa shape index (κ1) is 20.4. The third-order valence-corrected chi connectivity index (χ3v) is 6.00. The molecule has 1 atom stereocenters. The van der Waals surface area contributed by atoms with E-state index in [4.69, 9.17) is 21.1 Å². The number of H-pyrrole nitrogens is 1. The van der Waals surface area contributed by atoms with Gasteiger partial charge in [-0.1, -0.05) is 23.7 Å². The molecular weight excluding hydrogens is 430 g/mol. The molecule has 1 aliphatic rings. The highest BCUT2D eigenvalue weighted by atomic mass is 35.5. The molecule has 0 bridgehead atoms. The van der Waals surface area contributed by atoms with E-state index in [1.807, 2.05) is 42.5 Å². The van der Waals surface area contributed by atoms with E-state index >= 15 is 0 Å². The smallest absolute Gasteiger partial charge is 0.410 e. The van der Waals surface area contributed by atoms with Crippen LogP contribution in [0, 0.1) is 0 Å². The predicted octanol–water partition coefficient (Wildman–Crippen LogP) is 4.21. The van der Waals surface area contributed by atoms with Gasteiger partial charge in [-0.2, -0.15) is 5.10 Å². The van der Waals surface area contributed by atoms with Gasteiger partial charge in [0.05, 0.1) is 13.7 Å². The van der Waals surface area contributed by atoms with Crippen LogP contribution in [0.1, 0.15) is 22.9 Å². The third-order valence-electron chi connectivity index (χ3n) is 5.77. The second-order valence-corrected chi connectivity index (χ2v) is 8.04. The molecule has 0 radical (unpaired) electrons. The van der Waals surface area contributed by atoms with Crippen LogP contribution in [0.25, 0.3) is 10.9 Å². The van der Waals surface area contributed by atoms with Crippen LogP contribution >= 0.6 is 11.6 Å². The molecule has 0 aliphatic carbocycles. The summed E-state index contributed by atoms with van der Waals surface area (Å²) in [6.07, 6.45) is 3.39. The van der Waals surface area contributed by atoms with Crippen molar-refractivity contribution in [3.05, 3.63) is 77.0 Å². The number of carbonyl (C=O) groups is 1. The molecule has 1 unspecified atom stereocenters. The molecule has 1 aliphatic heterocycles. The van der Waals surface area contributed by atoms with Crippen LogP contribution in [0.4, 0.5) is 4.79 Å². The number of fused-ring (bicyclic) bond motifs is 3. The Morgan fingerprint density at radius 1 is 1.25 bits per heavy atom. The molecule has 32 heavy (non-hydrogen) atoms. The highest BCUT2D eigenvalue weighted by Gasteiger charge is 2.35. The van der Waals surface area contributed by atoms with Crippen LogP contribution in [0.15, 0.2) is 55.1 Å². The summed E-state index contributed by atoms with van der Waals surface area (Å²) in [4.78, 5) is 22.3. The largest absolute Gasteiger partial charge is 0.497 e. The van der Waals surface area contributed by atoms with E-state index in [9.17, 15) is 4.79 Å². The van der Waals surface area contributed by atoms with E-state index in [0.717, 1.165) is 27.9 Å². The zero-order valence-electron chi connectivity index (χ0n) is 17.5. The van der Waals surface area contributed by atoms with Crippen LogP contribution < -0.4 is 4.74 Å². The number of nitrogens with one attached hydrogen (secondary N) is 1. The van der Waals surface area contributed by atoms with Gasteiger partial charge in [0.25, 0.3) is 0 Å². The number of rotatable bonds is 5. The highest BCUT2D eigenvalue weighted by Crippen LogP contribution is 2.39. The number of benzene rings is 2. The summed E-state index contributed by atoms with van der Waals surface area (Å²) in [7, 11) is 1.63. The molecule has 9 heteroatoms. The number of halogens is 1. The Morgan fingerprint density at radius 3 is 2.84 bits per heavy atom. The van der Waals surface area contributed by atoms with E-state index in [1.165, 1.54) is 11.9 Å². The van der Waals surface area contributed by atoms with E-state index in [-0.39, 0.29) is 18.7 Å². The molecule has 0 spiro atoms. The van der Waals surface area contributed by atoms with Gasteiger partial charge < -0.3 is 14.5 Å². The topological polar surface area (TPSA) is 85.3 Å². The van der Waals surface area contributed by atoms with Gasteiger partial charge in [-0.05, 0) is 47.9 Å². The second kappa shape index (κ2) is 8.55. The molecule has 2 aromatic heterocycles. The summed E-state index contributed by atoms with van der Waals surface area (Å²) in [6, 6.07) is 13.3. The molecular formula is C23H22ClN5O3. The van der Waals surface area contributed by atoms with Gasteiger partial charge in [0.15, 0.2) is 0 Å². The molecule has 0 saturated heterocycles. The van der Waals surface area contributed by atoms with Crippen LogP contribution in [0.5, 0.6) is 5.75 Å². The number of ether oxygens (including phenoxy) is 2. The molecule has 1 amide bonds. The summed E-state index contributed by atoms with van der Waals surface area (Å²) in [5.74, 6) is 0.759. The van der Waals surface area contributed by atoms with Gasteiger partial charge >= 0.3 is 6.09 Å². The Labute approximate surface area is 189 Å². The van der Waals surface area contributed by atoms with Crippen LogP contribution in [-0.4, -0.2) is 51.0 Å². The number of nitrogens with zero attached hydrogens (tertiary/aromatic N) is 4. The maximum atomic E-state index is 13.1. The number of methoxy groups -OCH3 is 1. The molecule has 8 nitrogen and oxygen atoms in total. The van der Waals surface area contributed by atoms with Crippen LogP contribution in [0.2, 0.25) is 5.02 Å². The first-order valence-corrected chi connectivity index (χ1v) is 10.7. The number of aromatic amines is 1. The summed E-state index contributed by atoms with van der Waals surface area (Å²) in [5.41, 5.74) is 4.12. The fourth-order valence-corrected chi connectivity index (χ4v) is 4.42. The summed E-state index contributed by atoms with van der Waals surface area (Å²) in [5, 5.41) is 5.82. The maximum absolute atomic E-state index is 13.1. The SMILES string of the molecule is COc1ccc(C2c3[nH]c4ccc(Cl)cc4c3CCN2C(=O)OCCn2cncn2)cc1. The molecule has 0 saturated carbocycles. The maximum Gasteiger partial charge on any atom is 0.410 e. The number of aromatic nitrogens is 4. The van der Waals surface area contributed by atoms with Crippen molar-refractivity contribution in [2.75, 3.05) is 20.3 Å². The van der Waals surface area contributed by atoms with Crippen molar-refractivity contribution < 1.29 is 14.3 Å². The highest BCUT2D eigenvalue weighted by molar-refractivity contribution is 6.31. The van der Waals surface area contributed by atoms with Crippen molar-refractivity contribution in [1.82, 2.24) is 24.6 Å². The summed E-state index contributed by atoms with van der Waals surface area (Å²) >= 11 is 6.26. The summed E-state index contributed by atoms with van der Waals surface area (Å²) in [6.45, 7) is 1.19. The Kier molecular flexibility index (Phi) is 5.45. The van der Waals surface area contributed by atoms with E-state index in [2.05, 4.69) is 15.1 Å². The Balaban J connectivity index is 1.48. The normalized spacial score (nSPS) is 15.6. The minimum atomic E-state index is -0.367. The van der Waals surface area contributed by atoms with Gasteiger partial charge in [0.2, 0.25) is 0 Å². The summed E-state index contributed by atoms with van der Waals surface area (Å²) < 4.78 is 12.5. The van der Waals surface area contributed by atoms with Crippen molar-refractivity contribution in [1.29, 1.82) is 0 Å². The number of carbonyl (C=O) groups excluding carboxylic acids is 1. The number of hydrogen-bond donors (Lipinski definition) is 1. The van der Waals surface area contributed by atoms with Crippen molar-refractivity contribution in [3.63, 3.8) is 0 Å². The Morgan fingerprint density at radius 2 is 2.09 bits per heavy atom. The minimum Gasteiger partial charge on any atom is -0.497 e. The Bertz CT molecular complexity index is 1240. The molecule has 1 N–H and O–H groups in total. The quantitative estimate of drug-likeness (QED) is 0.491. The lowest BCUT2D eigenvalue weighted by atomic mass is 9.92. The van der Waals surface area contributed by atoms with E-state index in [1.54, 1.807) is 23.0 Å². The van der Waals surface area contributed by atoms with Gasteiger partial charge in [-0.15, -0.1) is 0 Å². The monoisotopic (exact) mass is 451 g/mol. The zero-order chi connectivity index (χ0) is 22.1. The molecule has 2 aromatic carbocycles. The lowest BCUT2D eigenvalue weighted by Crippen LogP contribution is -2.41. The van der Waals surface area contributed by atoms with Gasteiger partial charge in [0, 0.05) is 28.2 Å². The average Bonchev–Trinajstić information content (AvgIpc) is 3.46. The lowest BCUT2D eigenvalue weighted by molar-refractivity contribution is 0.0852. The predicted molar refractivity (Wildman–Crippen MR) is 120 cm³/mol. The zero-order valence-corrected chi connectivity index (χ0v) is 18.2. The first-order valence-electron chi connectivity index (χ1n) is 10.3. The van der Waals surface area contributed by atoms with Gasteiger partial charge in [-0.3, -0.25) is 4.90 Å². The molecule has 4 aromatic rings. The molecule has 0 fully saturated rings. The lowest BCUT2D eigenvalue weighted by Gasteiger charge is -2.35. The molecule has 3 heterocycles. The van der Waals surface area contributed by atoms with Crippen molar-refractivity contribution in [2.45, 2.75) is 19.0 Å². The fraction of sp³-hybridized carbons (Fsp3) is 0.261. The average molecular weight is 452 g/mol. The van der Waals surface area contributed by atoms with Gasteiger partial charge in [-0.25, -0.2) is 14.5 Å². The standard InChI is InChI=1S/C23H22ClN5O3/c1-31-17-5-2-15(3-6-17)22-21-18(19-12-16(24)4-7-20(19)27-21)8-9-29(22)23(30)32-11-10-28-14-25-13-26-28/h2-7,12-14,22,27H,8-11H2,1H3. The van der Waals surface area contributed by atoms with Crippen molar-refractivity contribution >= 4 is 28.6 Å². The second-order valence-electron chi connectivity index (χ2n) is 7.60.